The summed E-state index contributed by atoms with van der Waals surface area (Å²) in [6.07, 6.45) is 4.02. The number of benzene rings is 2. The van der Waals surface area contributed by atoms with Gasteiger partial charge in [0.1, 0.15) is 0 Å². The van der Waals surface area contributed by atoms with E-state index < -0.39 is 6.04 Å². The minimum atomic E-state index is -0.396. The number of likely N-dealkylation sites (tertiary alicyclic amines) is 1. The number of hydrogen-bond acceptors (Lipinski definition) is 4. The number of fused-ring (bicyclic) bond motifs is 3. The van der Waals surface area contributed by atoms with Gasteiger partial charge >= 0.3 is 0 Å². The maximum atomic E-state index is 13.6. The van der Waals surface area contributed by atoms with Gasteiger partial charge in [-0.1, -0.05) is 60.7 Å². The number of rotatable bonds is 7. The number of aliphatic hydroxyl groups excluding tert-OH is 1. The zero-order valence-electron chi connectivity index (χ0n) is 20.4. The molecule has 186 valence electrons. The third-order valence-electron chi connectivity index (χ3n) is 8.50. The van der Waals surface area contributed by atoms with Crippen LogP contribution in [0.2, 0.25) is 0 Å². The van der Waals surface area contributed by atoms with Crippen molar-refractivity contribution in [3.8, 4) is 11.1 Å². The van der Waals surface area contributed by atoms with Crippen molar-refractivity contribution in [3.05, 3.63) is 94.4 Å². The lowest BCUT2D eigenvalue weighted by Gasteiger charge is -2.34. The van der Waals surface area contributed by atoms with E-state index in [9.17, 15) is 14.7 Å². The first-order valence-corrected chi connectivity index (χ1v) is 13.2. The summed E-state index contributed by atoms with van der Waals surface area (Å²) >= 11 is 0. The summed E-state index contributed by atoms with van der Waals surface area (Å²) in [5, 5.41) is 13.8. The number of amides is 1. The molecule has 0 unspecified atom stereocenters. The number of hydrogen-bond donors (Lipinski definition) is 2. The van der Waals surface area contributed by atoms with Gasteiger partial charge in [-0.15, -0.1) is 0 Å². The van der Waals surface area contributed by atoms with Crippen LogP contribution in [-0.4, -0.2) is 45.7 Å². The van der Waals surface area contributed by atoms with Gasteiger partial charge in [-0.25, -0.2) is 0 Å². The highest BCUT2D eigenvalue weighted by atomic mass is 16.3. The van der Waals surface area contributed by atoms with Crippen LogP contribution < -0.4 is 10.9 Å². The van der Waals surface area contributed by atoms with Gasteiger partial charge in [-0.2, -0.15) is 0 Å². The smallest absolute Gasteiger partial charge is 0.258 e. The molecule has 0 spiro atoms. The van der Waals surface area contributed by atoms with Crippen molar-refractivity contribution in [1.29, 1.82) is 0 Å². The number of aromatic nitrogens is 1. The first kappa shape index (κ1) is 23.2. The van der Waals surface area contributed by atoms with E-state index in [2.05, 4.69) is 28.4 Å². The molecule has 3 aliphatic rings. The monoisotopic (exact) mass is 483 g/mol. The van der Waals surface area contributed by atoms with E-state index in [0.717, 1.165) is 36.9 Å². The molecule has 1 aliphatic carbocycles. The third kappa shape index (κ3) is 3.98. The van der Waals surface area contributed by atoms with Crippen LogP contribution in [0.15, 0.2) is 77.6 Å². The second-order valence-corrected chi connectivity index (χ2v) is 10.5. The summed E-state index contributed by atoms with van der Waals surface area (Å²) in [5.41, 5.74) is 3.77. The molecule has 6 rings (SSSR count). The minimum Gasteiger partial charge on any atom is -0.396 e. The van der Waals surface area contributed by atoms with Gasteiger partial charge in [0.2, 0.25) is 5.91 Å². The summed E-state index contributed by atoms with van der Waals surface area (Å²) < 4.78 is 1.88. The van der Waals surface area contributed by atoms with Crippen molar-refractivity contribution in [3.63, 3.8) is 0 Å². The van der Waals surface area contributed by atoms with Crippen LogP contribution in [0, 0.1) is 11.8 Å². The van der Waals surface area contributed by atoms with E-state index in [1.807, 2.05) is 59.2 Å². The molecule has 3 heterocycles. The van der Waals surface area contributed by atoms with Crippen LogP contribution in [0.5, 0.6) is 0 Å². The Morgan fingerprint density at radius 1 is 0.972 bits per heavy atom. The van der Waals surface area contributed by atoms with Crippen LogP contribution in [0.4, 0.5) is 0 Å². The fraction of sp³-hybridized carbons (Fsp3) is 0.400. The van der Waals surface area contributed by atoms with Gasteiger partial charge in [0.25, 0.3) is 5.56 Å². The highest BCUT2D eigenvalue weighted by Crippen LogP contribution is 2.49. The second-order valence-electron chi connectivity index (χ2n) is 10.5. The van der Waals surface area contributed by atoms with Crippen molar-refractivity contribution in [1.82, 2.24) is 14.8 Å². The quantitative estimate of drug-likeness (QED) is 0.540. The predicted octanol–water partition coefficient (Wildman–Crippen LogP) is 3.39. The van der Waals surface area contributed by atoms with Gasteiger partial charge < -0.3 is 15.0 Å². The van der Waals surface area contributed by atoms with E-state index in [0.29, 0.717) is 18.7 Å². The van der Waals surface area contributed by atoms with Crippen molar-refractivity contribution < 1.29 is 9.90 Å². The Morgan fingerprint density at radius 3 is 2.36 bits per heavy atom. The topological polar surface area (TPSA) is 74.6 Å². The lowest BCUT2D eigenvalue weighted by molar-refractivity contribution is -0.129. The zero-order chi connectivity index (χ0) is 24.6. The summed E-state index contributed by atoms with van der Waals surface area (Å²) in [5.74, 6) is -0.178. The largest absolute Gasteiger partial charge is 0.396 e. The van der Waals surface area contributed by atoms with Gasteiger partial charge in [0, 0.05) is 48.8 Å². The second kappa shape index (κ2) is 9.68. The fourth-order valence-electron chi connectivity index (χ4n) is 6.45. The molecule has 1 amide bonds. The Balaban J connectivity index is 1.36. The molecule has 1 aromatic heterocycles. The SMILES string of the molecule is O=C(NC1CCC1)[C@@H]1[C@@H](CO)[C@@H]2Cn3c(ccc(-c4ccccc4)c3=O)[C@@H]2N1CCc1ccccc1. The predicted molar refractivity (Wildman–Crippen MR) is 139 cm³/mol. The number of pyridine rings is 1. The van der Waals surface area contributed by atoms with Gasteiger partial charge in [-0.3, -0.25) is 14.5 Å². The molecule has 1 saturated heterocycles. The number of aliphatic hydroxyl groups is 1. The summed E-state index contributed by atoms with van der Waals surface area (Å²) in [4.78, 5) is 29.4. The van der Waals surface area contributed by atoms with E-state index in [1.54, 1.807) is 0 Å². The Bertz CT molecular complexity index is 1290. The van der Waals surface area contributed by atoms with Gasteiger partial charge in [-0.05, 0) is 48.9 Å². The van der Waals surface area contributed by atoms with Crippen LogP contribution in [0.1, 0.15) is 36.6 Å². The molecule has 2 aromatic carbocycles. The molecule has 36 heavy (non-hydrogen) atoms. The summed E-state index contributed by atoms with van der Waals surface area (Å²) in [6, 6.07) is 23.8. The molecule has 2 N–H and O–H groups in total. The number of carbonyl (C=O) groups is 1. The zero-order valence-corrected chi connectivity index (χ0v) is 20.4. The number of nitrogens with zero attached hydrogens (tertiary/aromatic N) is 2. The average molecular weight is 484 g/mol. The van der Waals surface area contributed by atoms with Crippen LogP contribution in [0.3, 0.4) is 0 Å². The first-order chi connectivity index (χ1) is 17.7. The lowest BCUT2D eigenvalue weighted by atomic mass is 9.87. The number of nitrogens with one attached hydrogen (secondary N) is 1. The number of carbonyl (C=O) groups excluding carboxylic acids is 1. The average Bonchev–Trinajstić information content (AvgIpc) is 3.41. The van der Waals surface area contributed by atoms with E-state index in [-0.39, 0.29) is 42.0 Å². The lowest BCUT2D eigenvalue weighted by Crippen LogP contribution is -2.52. The summed E-state index contributed by atoms with van der Waals surface area (Å²) in [6.45, 7) is 1.15. The molecule has 4 atom stereocenters. The molecule has 1 saturated carbocycles. The maximum absolute atomic E-state index is 13.6. The van der Waals surface area contributed by atoms with Crippen molar-refractivity contribution in [2.24, 2.45) is 11.8 Å². The molecule has 3 aromatic rings. The standard InChI is InChI=1S/C30H33N3O3/c34-19-25-24-18-33-26(15-14-23(30(33)36)21-10-5-2-6-11-21)27(24)32(17-16-20-8-3-1-4-9-20)28(25)29(35)31-22-12-7-13-22/h1-6,8-11,14-15,22,24-25,27-28,34H,7,12-13,16-19H2,(H,31,35)/t24-,25-,27+,28-/m0/s1. The molecule has 2 aliphatic heterocycles. The van der Waals surface area contributed by atoms with Crippen molar-refractivity contribution in [2.75, 3.05) is 13.2 Å². The first-order valence-electron chi connectivity index (χ1n) is 13.2. The maximum Gasteiger partial charge on any atom is 0.258 e. The molecule has 0 bridgehead atoms. The molecular weight excluding hydrogens is 450 g/mol. The Morgan fingerprint density at radius 2 is 1.69 bits per heavy atom. The van der Waals surface area contributed by atoms with Crippen LogP contribution in [-0.2, 0) is 17.8 Å². The van der Waals surface area contributed by atoms with Crippen molar-refractivity contribution in [2.45, 2.75) is 50.4 Å². The molecule has 6 heteroatoms. The molecule has 2 fully saturated rings. The molecule has 0 radical (unpaired) electrons. The molecular formula is C30H33N3O3. The van der Waals surface area contributed by atoms with E-state index in [1.165, 1.54) is 5.56 Å². The Kier molecular flexibility index (Phi) is 6.23. The van der Waals surface area contributed by atoms with Crippen LogP contribution in [0.25, 0.3) is 11.1 Å². The van der Waals surface area contributed by atoms with E-state index in [4.69, 9.17) is 0 Å². The Hall–Kier alpha value is -3.22. The fourth-order valence-corrected chi connectivity index (χ4v) is 6.45. The normalized spacial score (nSPS) is 25.2. The van der Waals surface area contributed by atoms with Gasteiger partial charge in [0.05, 0.1) is 12.1 Å². The highest BCUT2D eigenvalue weighted by Gasteiger charge is 2.55. The minimum absolute atomic E-state index is 0.00303. The van der Waals surface area contributed by atoms with Crippen LogP contribution >= 0.6 is 0 Å². The van der Waals surface area contributed by atoms with Crippen molar-refractivity contribution >= 4 is 5.91 Å². The Labute approximate surface area is 211 Å². The third-order valence-corrected chi connectivity index (χ3v) is 8.50. The molecule has 6 nitrogen and oxygen atoms in total. The summed E-state index contributed by atoms with van der Waals surface area (Å²) in [7, 11) is 0. The van der Waals surface area contributed by atoms with Gasteiger partial charge in [0.15, 0.2) is 0 Å². The highest BCUT2D eigenvalue weighted by molar-refractivity contribution is 5.83. The van der Waals surface area contributed by atoms with E-state index >= 15 is 0 Å².